The van der Waals surface area contributed by atoms with Crippen molar-refractivity contribution in [1.29, 1.82) is 0 Å². The minimum Gasteiger partial charge on any atom is -0.366 e. The van der Waals surface area contributed by atoms with Gasteiger partial charge in [0.05, 0.1) is 12.0 Å². The maximum Gasteiger partial charge on any atom is 0.227 e. The summed E-state index contributed by atoms with van der Waals surface area (Å²) in [7, 11) is 0. The molecule has 0 N–H and O–H groups in total. The molecule has 2 aromatic heterocycles. The van der Waals surface area contributed by atoms with E-state index in [-0.39, 0.29) is 11.8 Å². The summed E-state index contributed by atoms with van der Waals surface area (Å²) in [5, 5.41) is 7.54. The van der Waals surface area contributed by atoms with E-state index in [1.807, 2.05) is 13.3 Å². The minimum absolute atomic E-state index is 0.215. The maximum atomic E-state index is 5.44. The van der Waals surface area contributed by atoms with Gasteiger partial charge in [0.2, 0.25) is 5.89 Å². The summed E-state index contributed by atoms with van der Waals surface area (Å²) in [5.41, 5.74) is 3.45. The van der Waals surface area contributed by atoms with Crippen molar-refractivity contribution in [2.75, 3.05) is 0 Å². The number of allylic oxidation sites excluding steroid dienone is 1. The molecule has 0 aromatic carbocycles. The molecule has 0 aliphatic carbocycles. The topological polar surface area (TPSA) is 78.3 Å². The van der Waals surface area contributed by atoms with Crippen molar-refractivity contribution in [3.8, 4) is 0 Å². The molecule has 0 amide bonds. The Morgan fingerprint density at radius 2 is 2.11 bits per heavy atom. The lowest BCUT2D eigenvalue weighted by Crippen LogP contribution is -2.06. The van der Waals surface area contributed by atoms with Crippen molar-refractivity contribution < 1.29 is 9.36 Å². The van der Waals surface area contributed by atoms with Gasteiger partial charge < -0.3 is 13.9 Å². The third-order valence-corrected chi connectivity index (χ3v) is 4.98. The maximum absolute atomic E-state index is 5.44. The zero-order chi connectivity index (χ0) is 20.0. The van der Waals surface area contributed by atoms with Crippen LogP contribution in [0.2, 0.25) is 0 Å². The van der Waals surface area contributed by atoms with Gasteiger partial charge >= 0.3 is 0 Å². The molecule has 0 saturated carbocycles. The Labute approximate surface area is 161 Å². The molecule has 148 valence electrons. The third kappa shape index (κ3) is 5.52. The van der Waals surface area contributed by atoms with Crippen molar-refractivity contribution >= 4 is 6.72 Å². The van der Waals surface area contributed by atoms with Crippen molar-refractivity contribution in [2.45, 2.75) is 72.8 Å². The predicted molar refractivity (Wildman–Crippen MR) is 106 cm³/mol. The molecule has 2 heterocycles. The molecule has 0 radical (unpaired) electrons. The van der Waals surface area contributed by atoms with E-state index in [9.17, 15) is 0 Å². The second-order valence-electron chi connectivity index (χ2n) is 7.50. The van der Waals surface area contributed by atoms with Crippen LogP contribution < -0.4 is 0 Å². The minimum atomic E-state index is 0.215. The Balaban J connectivity index is 1.93. The number of hydrogen-bond donors (Lipinski definition) is 0. The molecular formula is C20H31N5O2. The van der Waals surface area contributed by atoms with Gasteiger partial charge in [-0.3, -0.25) is 0 Å². The zero-order valence-electron chi connectivity index (χ0n) is 17.3. The van der Waals surface area contributed by atoms with Crippen molar-refractivity contribution in [3.05, 3.63) is 41.3 Å². The van der Waals surface area contributed by atoms with Crippen molar-refractivity contribution in [3.63, 3.8) is 0 Å². The van der Waals surface area contributed by atoms with Crippen molar-refractivity contribution in [1.82, 2.24) is 19.7 Å². The van der Waals surface area contributed by atoms with Crippen LogP contribution in [0, 0.1) is 12.8 Å². The Bertz CT molecular complexity index is 775. The van der Waals surface area contributed by atoms with Crippen LogP contribution in [0.5, 0.6) is 0 Å². The number of aromatic nitrogens is 4. The number of oxime groups is 1. The highest BCUT2D eigenvalue weighted by atomic mass is 16.6. The number of rotatable bonds is 10. The smallest absolute Gasteiger partial charge is 0.227 e. The first-order valence-corrected chi connectivity index (χ1v) is 9.46. The lowest BCUT2D eigenvalue weighted by Gasteiger charge is -2.10. The molecule has 2 unspecified atom stereocenters. The molecule has 2 aromatic rings. The number of aryl methyl sites for hydroxylation is 1. The highest BCUT2D eigenvalue weighted by molar-refractivity contribution is 5.21. The van der Waals surface area contributed by atoms with Gasteiger partial charge in [0.25, 0.3) is 0 Å². The average Bonchev–Trinajstić information content (AvgIpc) is 3.24. The molecule has 0 saturated heterocycles. The largest absolute Gasteiger partial charge is 0.366 e. The second kappa shape index (κ2) is 9.48. The summed E-state index contributed by atoms with van der Waals surface area (Å²) in [4.78, 5) is 14.0. The predicted octanol–water partition coefficient (Wildman–Crippen LogP) is 4.61. The molecule has 0 bridgehead atoms. The SMILES string of the molecule is C=NO/C=C(\C)C(C)Cc1nc(C(C)CCn2cnc(C(C)C)c2C)no1. The highest BCUT2D eigenvalue weighted by Gasteiger charge is 2.17. The van der Waals surface area contributed by atoms with E-state index < -0.39 is 0 Å². The van der Waals surface area contributed by atoms with Crippen LogP contribution in [0.4, 0.5) is 0 Å². The van der Waals surface area contributed by atoms with Crippen LogP contribution in [0.25, 0.3) is 0 Å². The van der Waals surface area contributed by atoms with Crippen LogP contribution in [0.3, 0.4) is 0 Å². The van der Waals surface area contributed by atoms with E-state index in [2.05, 4.69) is 66.2 Å². The molecule has 2 atom stereocenters. The van der Waals surface area contributed by atoms with E-state index in [0.29, 0.717) is 18.2 Å². The van der Waals surface area contributed by atoms with E-state index >= 15 is 0 Å². The number of hydrogen-bond acceptors (Lipinski definition) is 6. The molecule has 27 heavy (non-hydrogen) atoms. The first kappa shape index (κ1) is 20.9. The molecule has 0 fully saturated rings. The first-order chi connectivity index (χ1) is 12.8. The van der Waals surface area contributed by atoms with Crippen molar-refractivity contribution in [2.24, 2.45) is 11.1 Å². The summed E-state index contributed by atoms with van der Waals surface area (Å²) in [6, 6.07) is 0. The molecule has 0 aliphatic heterocycles. The van der Waals surface area contributed by atoms with Crippen LogP contribution in [-0.2, 0) is 17.8 Å². The Hall–Kier alpha value is -2.44. The lowest BCUT2D eigenvalue weighted by molar-refractivity contribution is 0.264. The van der Waals surface area contributed by atoms with Gasteiger partial charge in [-0.15, -0.1) is 0 Å². The Morgan fingerprint density at radius 1 is 1.37 bits per heavy atom. The summed E-state index contributed by atoms with van der Waals surface area (Å²) >= 11 is 0. The third-order valence-electron chi connectivity index (χ3n) is 4.98. The second-order valence-corrected chi connectivity index (χ2v) is 7.50. The molecule has 7 nitrogen and oxygen atoms in total. The summed E-state index contributed by atoms with van der Waals surface area (Å²) in [6.45, 7) is 16.8. The normalized spacial score (nSPS) is 14.4. The van der Waals surface area contributed by atoms with Crippen LogP contribution >= 0.6 is 0 Å². The summed E-state index contributed by atoms with van der Waals surface area (Å²) in [6.07, 6.45) is 5.12. The van der Waals surface area contributed by atoms with E-state index in [1.54, 1.807) is 6.26 Å². The first-order valence-electron chi connectivity index (χ1n) is 9.46. The molecule has 7 heteroatoms. The number of imidazole rings is 1. The van der Waals surface area contributed by atoms with Crippen LogP contribution in [-0.4, -0.2) is 26.4 Å². The number of nitrogens with zero attached hydrogens (tertiary/aromatic N) is 5. The van der Waals surface area contributed by atoms with Gasteiger partial charge in [-0.2, -0.15) is 4.98 Å². The fourth-order valence-electron chi connectivity index (χ4n) is 2.92. The quantitative estimate of drug-likeness (QED) is 0.345. The van der Waals surface area contributed by atoms with Crippen LogP contribution in [0.15, 0.2) is 27.8 Å². The van der Waals surface area contributed by atoms with E-state index in [1.165, 1.54) is 5.69 Å². The lowest BCUT2D eigenvalue weighted by atomic mass is 10.0. The van der Waals surface area contributed by atoms with Gasteiger partial charge in [-0.25, -0.2) is 4.98 Å². The van der Waals surface area contributed by atoms with Gasteiger partial charge in [-0.05, 0) is 37.7 Å². The molecule has 2 rings (SSSR count). The zero-order valence-corrected chi connectivity index (χ0v) is 17.3. The molecule has 0 spiro atoms. The average molecular weight is 374 g/mol. The molecule has 0 aliphatic rings. The van der Waals surface area contributed by atoms with E-state index in [0.717, 1.165) is 30.1 Å². The summed E-state index contributed by atoms with van der Waals surface area (Å²) < 4.78 is 7.64. The van der Waals surface area contributed by atoms with Gasteiger partial charge in [0.15, 0.2) is 5.82 Å². The molecular weight excluding hydrogens is 342 g/mol. The Kier molecular flexibility index (Phi) is 7.33. The highest BCUT2D eigenvalue weighted by Crippen LogP contribution is 2.22. The fourth-order valence-corrected chi connectivity index (χ4v) is 2.92. The van der Waals surface area contributed by atoms with Gasteiger partial charge in [0, 0.05) is 31.3 Å². The summed E-state index contributed by atoms with van der Waals surface area (Å²) in [5.74, 6) is 2.27. The Morgan fingerprint density at radius 3 is 2.74 bits per heavy atom. The van der Waals surface area contributed by atoms with Crippen LogP contribution in [0.1, 0.15) is 76.0 Å². The monoisotopic (exact) mass is 373 g/mol. The van der Waals surface area contributed by atoms with Gasteiger partial charge in [-0.1, -0.05) is 38.0 Å². The standard InChI is InChI=1S/C20H31N5O2/c1-13(2)19-17(6)25(12-22-19)9-8-14(3)20-23-18(27-24-20)10-15(4)16(5)11-26-21-7/h11-15H,7-10H2,1-6H3/b16-11+. The van der Waals surface area contributed by atoms with E-state index in [4.69, 9.17) is 9.36 Å². The van der Waals surface area contributed by atoms with Gasteiger partial charge in [0.1, 0.15) is 6.26 Å². The fraction of sp³-hybridized carbons (Fsp3) is 0.600.